The van der Waals surface area contributed by atoms with Gasteiger partial charge in [-0.05, 0) is 30.3 Å². The van der Waals surface area contributed by atoms with Crippen LogP contribution in [0.5, 0.6) is 0 Å². The van der Waals surface area contributed by atoms with Gasteiger partial charge >= 0.3 is 0 Å². The molecule has 0 unspecified atom stereocenters. The minimum Gasteiger partial charge on any atom is -0.342 e. The Hall–Kier alpha value is -3.23. The highest BCUT2D eigenvalue weighted by atomic mass is 35.5. The Morgan fingerprint density at radius 2 is 1.92 bits per heavy atom. The van der Waals surface area contributed by atoms with Gasteiger partial charge in [0.2, 0.25) is 0 Å². The van der Waals surface area contributed by atoms with Gasteiger partial charge in [0.25, 0.3) is 0 Å². The Morgan fingerprint density at radius 3 is 2.58 bits per heavy atom. The van der Waals surface area contributed by atoms with Crippen molar-refractivity contribution in [2.24, 2.45) is 0 Å². The van der Waals surface area contributed by atoms with Gasteiger partial charge in [-0.2, -0.15) is 0 Å². The van der Waals surface area contributed by atoms with E-state index in [1.54, 1.807) is 48.9 Å². The number of rotatable bonds is 5. The Balaban J connectivity index is 1.84. The number of ketones is 1. The molecule has 128 valence electrons. The molecule has 0 fully saturated rings. The first-order valence-corrected chi connectivity index (χ1v) is 8.18. The summed E-state index contributed by atoms with van der Waals surface area (Å²) in [6, 6.07) is 8.75. The normalized spacial score (nSPS) is 10.2. The van der Waals surface area contributed by atoms with Gasteiger partial charge in [-0.25, -0.2) is 9.97 Å². The lowest BCUT2D eigenvalue weighted by atomic mass is 10.0. The van der Waals surface area contributed by atoms with Crippen LogP contribution >= 0.6 is 11.6 Å². The smallest absolute Gasteiger partial charge is 0.168 e. The summed E-state index contributed by atoms with van der Waals surface area (Å²) in [5.41, 5.74) is 3.41. The van der Waals surface area contributed by atoms with Crippen molar-refractivity contribution in [3.63, 3.8) is 0 Å². The molecule has 6 heteroatoms. The number of hydrogen-bond donors (Lipinski definition) is 0. The molecule has 1 aromatic carbocycles. The number of hydrogen-bond acceptors (Lipinski definition) is 5. The minimum absolute atomic E-state index is 0.0765. The molecule has 5 nitrogen and oxygen atoms in total. The number of carbonyl (C=O) groups is 1. The summed E-state index contributed by atoms with van der Waals surface area (Å²) in [5.74, 6) is 2.43. The van der Waals surface area contributed by atoms with E-state index < -0.39 is 0 Å². The Kier molecular flexibility index (Phi) is 5.26. The van der Waals surface area contributed by atoms with Gasteiger partial charge in [-0.15, -0.1) is 6.42 Å². The van der Waals surface area contributed by atoms with Crippen LogP contribution in [0.2, 0.25) is 5.02 Å². The summed E-state index contributed by atoms with van der Waals surface area (Å²) in [6.07, 6.45) is 11.9. The topological polar surface area (TPSA) is 59.0 Å². The molecule has 3 aromatic rings. The molecule has 2 heterocycles. The Bertz CT molecular complexity index is 965. The second-order valence-corrected chi connectivity index (χ2v) is 6.07. The van der Waals surface area contributed by atoms with Crippen molar-refractivity contribution >= 4 is 28.8 Å². The number of benzene rings is 1. The summed E-state index contributed by atoms with van der Waals surface area (Å²) in [4.78, 5) is 26.7. The van der Waals surface area contributed by atoms with Crippen molar-refractivity contribution in [2.45, 2.75) is 6.42 Å². The predicted molar refractivity (Wildman–Crippen MR) is 102 cm³/mol. The SMILES string of the molecule is C#Cc1ccc(CC(=O)c2cc(Cl)cc(N(C)c3cncnc3)c2)nc1. The van der Waals surface area contributed by atoms with Gasteiger partial charge in [0.15, 0.2) is 5.78 Å². The lowest BCUT2D eigenvalue weighted by Gasteiger charge is -2.19. The first-order valence-electron chi connectivity index (χ1n) is 7.81. The highest BCUT2D eigenvalue weighted by Crippen LogP contribution is 2.27. The molecule has 0 aliphatic rings. The van der Waals surface area contributed by atoms with Crippen LogP contribution in [-0.2, 0) is 6.42 Å². The molecule has 0 spiro atoms. The van der Waals surface area contributed by atoms with Crippen molar-refractivity contribution in [1.29, 1.82) is 0 Å². The van der Waals surface area contributed by atoms with E-state index in [-0.39, 0.29) is 12.2 Å². The summed E-state index contributed by atoms with van der Waals surface area (Å²) < 4.78 is 0. The van der Waals surface area contributed by atoms with E-state index in [4.69, 9.17) is 18.0 Å². The molecule has 0 aliphatic carbocycles. The van der Waals surface area contributed by atoms with Crippen LogP contribution < -0.4 is 4.90 Å². The average molecular weight is 363 g/mol. The molecular weight excluding hydrogens is 348 g/mol. The summed E-state index contributed by atoms with van der Waals surface area (Å²) in [7, 11) is 1.86. The minimum atomic E-state index is -0.0765. The molecule has 0 amide bonds. The van der Waals surface area contributed by atoms with Gasteiger partial charge in [-0.3, -0.25) is 9.78 Å². The summed E-state index contributed by atoms with van der Waals surface area (Å²) in [5, 5.41) is 0.477. The van der Waals surface area contributed by atoms with Crippen LogP contribution in [-0.4, -0.2) is 27.8 Å². The standard InChI is InChI=1S/C20H15ClN4O/c1-3-14-4-5-17(24-10-14)9-20(26)15-6-16(21)8-18(7-15)25(2)19-11-22-13-23-12-19/h1,4-8,10-13H,9H2,2H3. The molecule has 0 bridgehead atoms. The quantitative estimate of drug-likeness (QED) is 0.511. The van der Waals surface area contributed by atoms with Crippen LogP contribution in [0.4, 0.5) is 11.4 Å². The van der Waals surface area contributed by atoms with Crippen LogP contribution in [0.25, 0.3) is 0 Å². The van der Waals surface area contributed by atoms with Crippen LogP contribution in [0, 0.1) is 12.3 Å². The van der Waals surface area contributed by atoms with Gasteiger partial charge in [-0.1, -0.05) is 17.5 Å². The highest BCUT2D eigenvalue weighted by molar-refractivity contribution is 6.31. The third kappa shape index (κ3) is 4.05. The van der Waals surface area contributed by atoms with Crippen LogP contribution in [0.1, 0.15) is 21.6 Å². The van der Waals surface area contributed by atoms with Crippen LogP contribution in [0.15, 0.2) is 55.2 Å². The van der Waals surface area contributed by atoms with Gasteiger partial charge in [0.1, 0.15) is 6.33 Å². The number of nitrogens with zero attached hydrogens (tertiary/aromatic N) is 4. The molecule has 0 atom stereocenters. The molecule has 2 aromatic heterocycles. The molecule has 0 saturated heterocycles. The number of aromatic nitrogens is 3. The van der Waals surface area contributed by atoms with E-state index in [0.717, 1.165) is 11.4 Å². The van der Waals surface area contributed by atoms with Crippen molar-refractivity contribution in [3.8, 4) is 12.3 Å². The van der Waals surface area contributed by atoms with E-state index in [0.29, 0.717) is 21.8 Å². The summed E-state index contributed by atoms with van der Waals surface area (Å²) >= 11 is 6.22. The zero-order valence-corrected chi connectivity index (χ0v) is 14.8. The van der Waals surface area contributed by atoms with Crippen molar-refractivity contribution < 1.29 is 4.79 Å². The van der Waals surface area contributed by atoms with E-state index in [1.807, 2.05) is 11.9 Å². The number of terminal acetylenes is 1. The molecule has 26 heavy (non-hydrogen) atoms. The first kappa shape index (κ1) is 17.6. The molecule has 0 saturated carbocycles. The highest BCUT2D eigenvalue weighted by Gasteiger charge is 2.13. The number of pyridine rings is 1. The summed E-state index contributed by atoms with van der Waals surface area (Å²) in [6.45, 7) is 0. The van der Waals surface area contributed by atoms with Crippen molar-refractivity contribution in [1.82, 2.24) is 15.0 Å². The zero-order chi connectivity index (χ0) is 18.5. The number of carbonyl (C=O) groups excluding carboxylic acids is 1. The predicted octanol–water partition coefficient (Wildman–Crippen LogP) is 3.70. The lowest BCUT2D eigenvalue weighted by molar-refractivity contribution is 0.0992. The van der Waals surface area contributed by atoms with Gasteiger partial charge in [0, 0.05) is 40.8 Å². The fourth-order valence-electron chi connectivity index (χ4n) is 2.42. The monoisotopic (exact) mass is 362 g/mol. The largest absolute Gasteiger partial charge is 0.342 e. The first-order chi connectivity index (χ1) is 12.6. The zero-order valence-electron chi connectivity index (χ0n) is 14.1. The lowest BCUT2D eigenvalue weighted by Crippen LogP contribution is -2.12. The average Bonchev–Trinajstić information content (AvgIpc) is 2.68. The van der Waals surface area contributed by atoms with E-state index >= 15 is 0 Å². The van der Waals surface area contributed by atoms with Crippen molar-refractivity contribution in [2.75, 3.05) is 11.9 Å². The second kappa shape index (κ2) is 7.77. The van der Waals surface area contributed by atoms with Crippen LogP contribution in [0.3, 0.4) is 0 Å². The molecule has 3 rings (SSSR count). The maximum Gasteiger partial charge on any atom is 0.168 e. The third-order valence-electron chi connectivity index (χ3n) is 3.86. The van der Waals surface area contributed by atoms with Gasteiger partial charge in [0.05, 0.1) is 24.5 Å². The Morgan fingerprint density at radius 1 is 1.15 bits per heavy atom. The van der Waals surface area contributed by atoms with Crippen molar-refractivity contribution in [3.05, 3.63) is 77.1 Å². The van der Waals surface area contributed by atoms with E-state index in [1.165, 1.54) is 6.33 Å². The van der Waals surface area contributed by atoms with E-state index in [2.05, 4.69) is 20.9 Å². The number of anilines is 2. The number of Topliss-reactive ketones (excluding diaryl/α,β-unsaturated/α-hetero) is 1. The molecule has 0 radical (unpaired) electrons. The molecular formula is C20H15ClN4O. The molecule has 0 aliphatic heterocycles. The van der Waals surface area contributed by atoms with E-state index in [9.17, 15) is 4.79 Å². The third-order valence-corrected chi connectivity index (χ3v) is 4.08. The molecule has 0 N–H and O–H groups in total. The number of halogens is 1. The fourth-order valence-corrected chi connectivity index (χ4v) is 2.65. The maximum absolute atomic E-state index is 12.6. The fraction of sp³-hybridized carbons (Fsp3) is 0.100. The van der Waals surface area contributed by atoms with Gasteiger partial charge < -0.3 is 4.90 Å². The second-order valence-electron chi connectivity index (χ2n) is 5.64. The Labute approximate surface area is 156 Å². The maximum atomic E-state index is 12.6.